The monoisotopic (exact) mass is 295 g/mol. The molecule has 1 fully saturated rings. The molecular weight excluding hydrogens is 273 g/mol. The van der Waals surface area contributed by atoms with Crippen molar-refractivity contribution in [3.05, 3.63) is 35.6 Å². The van der Waals surface area contributed by atoms with Gasteiger partial charge in [0.05, 0.1) is 24.9 Å². The summed E-state index contributed by atoms with van der Waals surface area (Å²) in [4.78, 5) is 14.5. The van der Waals surface area contributed by atoms with E-state index in [-0.39, 0.29) is 36.0 Å². The Hall–Kier alpha value is -1.30. The summed E-state index contributed by atoms with van der Waals surface area (Å²) < 4.78 is 19.2. The maximum absolute atomic E-state index is 13.7. The molecule has 0 spiro atoms. The van der Waals surface area contributed by atoms with Crippen molar-refractivity contribution in [1.29, 1.82) is 0 Å². The van der Waals surface area contributed by atoms with Crippen LogP contribution in [-0.4, -0.2) is 54.2 Å². The van der Waals surface area contributed by atoms with Gasteiger partial charge in [-0.3, -0.25) is 9.69 Å². The second-order valence-electron chi connectivity index (χ2n) is 5.69. The van der Waals surface area contributed by atoms with Crippen LogP contribution in [0.2, 0.25) is 0 Å². The Morgan fingerprint density at radius 2 is 2.24 bits per heavy atom. The van der Waals surface area contributed by atoms with E-state index in [9.17, 15) is 14.3 Å². The van der Waals surface area contributed by atoms with Crippen LogP contribution in [0.1, 0.15) is 24.2 Å². The summed E-state index contributed by atoms with van der Waals surface area (Å²) in [6.45, 7) is 5.46. The van der Waals surface area contributed by atoms with E-state index in [1.54, 1.807) is 12.1 Å². The molecule has 0 amide bonds. The third kappa shape index (κ3) is 3.87. The predicted octanol–water partition coefficient (Wildman–Crippen LogP) is 1.73. The molecule has 116 valence electrons. The molecule has 0 aromatic heterocycles. The smallest absolute Gasteiger partial charge is 0.169 e. The van der Waals surface area contributed by atoms with E-state index in [1.165, 1.54) is 12.1 Å². The number of carbonyl (C=O) groups excluding carboxylic acids is 1. The average Bonchev–Trinajstić information content (AvgIpc) is 2.49. The number of carbonyl (C=O) groups is 1. The fraction of sp³-hybridized carbons (Fsp3) is 0.562. The molecule has 1 saturated heterocycles. The van der Waals surface area contributed by atoms with Crippen LogP contribution in [0.25, 0.3) is 0 Å². The molecule has 4 nitrogen and oxygen atoms in total. The lowest BCUT2D eigenvalue weighted by Gasteiger charge is -2.38. The van der Waals surface area contributed by atoms with E-state index in [0.29, 0.717) is 19.7 Å². The Morgan fingerprint density at radius 3 is 2.90 bits per heavy atom. The normalized spacial score (nSPS) is 24.8. The minimum atomic E-state index is -0.474. The highest BCUT2D eigenvalue weighted by molar-refractivity contribution is 5.98. The average molecular weight is 295 g/mol. The van der Waals surface area contributed by atoms with Crippen LogP contribution in [-0.2, 0) is 4.74 Å². The molecule has 3 unspecified atom stereocenters. The van der Waals surface area contributed by atoms with Crippen molar-refractivity contribution in [2.45, 2.75) is 26.0 Å². The number of Topliss-reactive ketones (excluding diaryl/α,β-unsaturated/α-hetero) is 1. The zero-order valence-corrected chi connectivity index (χ0v) is 12.5. The highest BCUT2D eigenvalue weighted by Crippen LogP contribution is 2.18. The summed E-state index contributed by atoms with van der Waals surface area (Å²) in [7, 11) is 0. The summed E-state index contributed by atoms with van der Waals surface area (Å²) >= 11 is 0. The van der Waals surface area contributed by atoms with Crippen molar-refractivity contribution in [1.82, 2.24) is 4.90 Å². The van der Waals surface area contributed by atoms with Crippen LogP contribution in [0.4, 0.5) is 4.39 Å². The van der Waals surface area contributed by atoms with Crippen molar-refractivity contribution >= 4 is 5.78 Å². The molecule has 0 bridgehead atoms. The van der Waals surface area contributed by atoms with Crippen molar-refractivity contribution in [2.24, 2.45) is 5.92 Å². The lowest BCUT2D eigenvalue weighted by atomic mass is 9.97. The van der Waals surface area contributed by atoms with Crippen LogP contribution in [0.3, 0.4) is 0 Å². The Labute approximate surface area is 124 Å². The van der Waals surface area contributed by atoms with Gasteiger partial charge < -0.3 is 9.84 Å². The van der Waals surface area contributed by atoms with Gasteiger partial charge in [-0.1, -0.05) is 19.1 Å². The molecule has 3 atom stereocenters. The Morgan fingerprint density at radius 1 is 1.52 bits per heavy atom. The van der Waals surface area contributed by atoms with E-state index in [1.807, 2.05) is 13.8 Å². The highest BCUT2D eigenvalue weighted by Gasteiger charge is 2.29. The van der Waals surface area contributed by atoms with Crippen LogP contribution in [0, 0.1) is 11.7 Å². The molecule has 1 heterocycles. The van der Waals surface area contributed by atoms with Crippen molar-refractivity contribution in [3.8, 4) is 0 Å². The Bertz CT molecular complexity index is 494. The molecule has 1 aromatic rings. The van der Waals surface area contributed by atoms with Gasteiger partial charge >= 0.3 is 0 Å². The summed E-state index contributed by atoms with van der Waals surface area (Å²) in [5.74, 6) is -0.966. The molecule has 1 aliphatic rings. The number of ether oxygens (including phenoxy) is 1. The molecule has 21 heavy (non-hydrogen) atoms. The first kappa shape index (κ1) is 16.1. The molecule has 5 heteroatoms. The molecule has 1 aliphatic heterocycles. The number of morpholine rings is 1. The van der Waals surface area contributed by atoms with E-state index in [0.717, 1.165) is 0 Å². The summed E-state index contributed by atoms with van der Waals surface area (Å²) in [5.41, 5.74) is 0.143. The van der Waals surface area contributed by atoms with E-state index >= 15 is 0 Å². The standard InChI is InChI=1S/C16H22FNO3/c1-11(16(20)14-5-3-4-6-15(14)17)7-18-8-13(9-19)21-10-12(18)2/h3-6,11-13,19H,7-10H2,1-2H3. The summed E-state index contributed by atoms with van der Waals surface area (Å²) in [6.07, 6.45) is -0.211. The van der Waals surface area contributed by atoms with Crippen molar-refractivity contribution in [3.63, 3.8) is 0 Å². The molecule has 0 aliphatic carbocycles. The summed E-state index contributed by atoms with van der Waals surface area (Å²) in [6, 6.07) is 6.25. The van der Waals surface area contributed by atoms with Gasteiger partial charge in [0.2, 0.25) is 0 Å². The van der Waals surface area contributed by atoms with Gasteiger partial charge in [0, 0.05) is 25.0 Å². The number of ketones is 1. The predicted molar refractivity (Wildman–Crippen MR) is 77.8 cm³/mol. The molecule has 2 rings (SSSR count). The highest BCUT2D eigenvalue weighted by atomic mass is 19.1. The zero-order valence-electron chi connectivity index (χ0n) is 12.5. The van der Waals surface area contributed by atoms with Gasteiger partial charge in [0.25, 0.3) is 0 Å². The first-order chi connectivity index (χ1) is 10.0. The molecule has 0 radical (unpaired) electrons. The number of hydrogen-bond donors (Lipinski definition) is 1. The van der Waals surface area contributed by atoms with Gasteiger partial charge in [0.15, 0.2) is 5.78 Å². The van der Waals surface area contributed by atoms with Crippen molar-refractivity contribution < 1.29 is 19.0 Å². The molecular formula is C16H22FNO3. The number of halogens is 1. The van der Waals surface area contributed by atoms with Crippen LogP contribution in [0.5, 0.6) is 0 Å². The van der Waals surface area contributed by atoms with Gasteiger partial charge in [-0.25, -0.2) is 4.39 Å². The number of benzene rings is 1. The second-order valence-corrected chi connectivity index (χ2v) is 5.69. The fourth-order valence-electron chi connectivity index (χ4n) is 2.60. The number of nitrogens with zero attached hydrogens (tertiary/aromatic N) is 1. The minimum absolute atomic E-state index is 0.0289. The summed E-state index contributed by atoms with van der Waals surface area (Å²) in [5, 5.41) is 9.18. The van der Waals surface area contributed by atoms with Gasteiger partial charge in [-0.2, -0.15) is 0 Å². The van der Waals surface area contributed by atoms with E-state index in [2.05, 4.69) is 4.90 Å². The lowest BCUT2D eigenvalue weighted by Crippen LogP contribution is -2.51. The molecule has 1 aromatic carbocycles. The maximum Gasteiger partial charge on any atom is 0.169 e. The SMILES string of the molecule is CC(CN1CC(CO)OCC1C)C(=O)c1ccccc1F. The quantitative estimate of drug-likeness (QED) is 0.841. The van der Waals surface area contributed by atoms with Crippen LogP contribution < -0.4 is 0 Å². The maximum atomic E-state index is 13.7. The second kappa shape index (κ2) is 7.11. The number of aliphatic hydroxyl groups is 1. The van der Waals surface area contributed by atoms with E-state index < -0.39 is 5.82 Å². The third-order valence-electron chi connectivity index (χ3n) is 3.93. The first-order valence-corrected chi connectivity index (χ1v) is 7.28. The third-order valence-corrected chi connectivity index (χ3v) is 3.93. The number of hydrogen-bond acceptors (Lipinski definition) is 4. The topological polar surface area (TPSA) is 49.8 Å². The molecule has 0 saturated carbocycles. The van der Waals surface area contributed by atoms with Gasteiger partial charge in [-0.15, -0.1) is 0 Å². The Kier molecular flexibility index (Phi) is 5.45. The Balaban J connectivity index is 2.01. The van der Waals surface area contributed by atoms with Gasteiger partial charge in [0.1, 0.15) is 5.82 Å². The van der Waals surface area contributed by atoms with Crippen LogP contribution >= 0.6 is 0 Å². The largest absolute Gasteiger partial charge is 0.394 e. The molecule has 1 N–H and O–H groups in total. The fourth-order valence-corrected chi connectivity index (χ4v) is 2.60. The van der Waals surface area contributed by atoms with E-state index in [4.69, 9.17) is 4.74 Å². The first-order valence-electron chi connectivity index (χ1n) is 7.28. The van der Waals surface area contributed by atoms with Crippen molar-refractivity contribution in [2.75, 3.05) is 26.3 Å². The number of aliphatic hydroxyl groups excluding tert-OH is 1. The number of rotatable bonds is 5. The minimum Gasteiger partial charge on any atom is -0.394 e. The van der Waals surface area contributed by atoms with Gasteiger partial charge in [-0.05, 0) is 19.1 Å². The van der Waals surface area contributed by atoms with Crippen LogP contribution in [0.15, 0.2) is 24.3 Å². The lowest BCUT2D eigenvalue weighted by molar-refractivity contribution is -0.0798. The zero-order chi connectivity index (χ0) is 15.4.